The summed E-state index contributed by atoms with van der Waals surface area (Å²) in [5, 5.41) is -0.415. The maximum Gasteiger partial charge on any atom is 0.228 e. The number of methoxy groups -OCH3 is 2. The molecular formula is C11H13ClO3. The Morgan fingerprint density at radius 1 is 1.33 bits per heavy atom. The predicted molar refractivity (Wildman–Crippen MR) is 58.8 cm³/mol. The molecule has 0 bridgehead atoms. The lowest BCUT2D eigenvalue weighted by atomic mass is 10.0. The van der Waals surface area contributed by atoms with Gasteiger partial charge in [0.1, 0.15) is 0 Å². The zero-order chi connectivity index (χ0) is 11.4. The molecule has 1 rings (SSSR count). The number of para-hydroxylation sites is 1. The zero-order valence-electron chi connectivity index (χ0n) is 8.91. The summed E-state index contributed by atoms with van der Waals surface area (Å²) in [6, 6.07) is 5.37. The maximum atomic E-state index is 11.1. The lowest BCUT2D eigenvalue weighted by molar-refractivity contribution is -0.112. The smallest absolute Gasteiger partial charge is 0.228 e. The first kappa shape index (κ1) is 11.9. The van der Waals surface area contributed by atoms with Crippen molar-refractivity contribution in [1.29, 1.82) is 0 Å². The fourth-order valence-electron chi connectivity index (χ4n) is 1.38. The summed E-state index contributed by atoms with van der Waals surface area (Å²) in [4.78, 5) is 11.1. The number of hydrogen-bond acceptors (Lipinski definition) is 3. The minimum Gasteiger partial charge on any atom is -0.493 e. The molecule has 1 aromatic carbocycles. The number of carbonyl (C=O) groups excluding carboxylic acids is 1. The molecule has 0 aromatic heterocycles. The quantitative estimate of drug-likeness (QED) is 0.743. The van der Waals surface area contributed by atoms with E-state index in [0.717, 1.165) is 5.56 Å². The van der Waals surface area contributed by atoms with Gasteiger partial charge in [-0.15, -0.1) is 0 Å². The molecule has 0 spiro atoms. The minimum absolute atomic E-state index is 0.406. The third kappa shape index (κ3) is 2.42. The van der Waals surface area contributed by atoms with E-state index in [1.54, 1.807) is 32.2 Å². The van der Waals surface area contributed by atoms with Crippen molar-refractivity contribution in [2.75, 3.05) is 14.2 Å². The summed E-state index contributed by atoms with van der Waals surface area (Å²) in [7, 11) is 3.08. The fraction of sp³-hybridized carbons (Fsp3) is 0.364. The van der Waals surface area contributed by atoms with Crippen LogP contribution in [0.4, 0.5) is 0 Å². The molecule has 1 unspecified atom stereocenters. The van der Waals surface area contributed by atoms with Gasteiger partial charge in [-0.05, 0) is 24.6 Å². The third-order valence-electron chi connectivity index (χ3n) is 2.24. The molecule has 0 radical (unpaired) electrons. The van der Waals surface area contributed by atoms with Gasteiger partial charge >= 0.3 is 0 Å². The summed E-state index contributed by atoms with van der Waals surface area (Å²) in [6.45, 7) is 1.73. The van der Waals surface area contributed by atoms with Crippen LogP contribution in [0.1, 0.15) is 18.4 Å². The van der Waals surface area contributed by atoms with Crippen LogP contribution in [0.3, 0.4) is 0 Å². The molecule has 1 aromatic rings. The number of hydrogen-bond donors (Lipinski definition) is 0. The van der Waals surface area contributed by atoms with Gasteiger partial charge in [0.15, 0.2) is 11.5 Å². The van der Waals surface area contributed by atoms with Gasteiger partial charge in [-0.25, -0.2) is 0 Å². The molecule has 4 heteroatoms. The van der Waals surface area contributed by atoms with Crippen LogP contribution < -0.4 is 9.47 Å². The molecule has 82 valence electrons. The molecule has 0 N–H and O–H groups in total. The topological polar surface area (TPSA) is 35.5 Å². The SMILES string of the molecule is COc1cccc(C(C)C(=O)Cl)c1OC. The second kappa shape index (κ2) is 5.03. The van der Waals surface area contributed by atoms with Crippen LogP contribution in [0.15, 0.2) is 18.2 Å². The van der Waals surface area contributed by atoms with E-state index in [9.17, 15) is 4.79 Å². The van der Waals surface area contributed by atoms with Gasteiger partial charge in [0.05, 0.1) is 20.1 Å². The van der Waals surface area contributed by atoms with Crippen molar-refractivity contribution in [2.45, 2.75) is 12.8 Å². The summed E-state index contributed by atoms with van der Waals surface area (Å²) >= 11 is 5.45. The van der Waals surface area contributed by atoms with Crippen molar-refractivity contribution in [1.82, 2.24) is 0 Å². The fourth-order valence-corrected chi connectivity index (χ4v) is 1.49. The Bertz CT molecular complexity index is 363. The average Bonchev–Trinajstić information content (AvgIpc) is 2.26. The molecular weight excluding hydrogens is 216 g/mol. The second-order valence-corrected chi connectivity index (χ2v) is 3.48. The molecule has 0 saturated heterocycles. The zero-order valence-corrected chi connectivity index (χ0v) is 9.67. The average molecular weight is 229 g/mol. The highest BCUT2D eigenvalue weighted by Gasteiger charge is 2.19. The summed E-state index contributed by atoms with van der Waals surface area (Å²) in [5.41, 5.74) is 0.733. The molecule has 1 atom stereocenters. The van der Waals surface area contributed by atoms with Crippen LogP contribution in [-0.4, -0.2) is 19.5 Å². The summed E-state index contributed by atoms with van der Waals surface area (Å²) in [6.07, 6.45) is 0. The van der Waals surface area contributed by atoms with Crippen molar-refractivity contribution in [3.8, 4) is 11.5 Å². The van der Waals surface area contributed by atoms with Crippen LogP contribution in [0.25, 0.3) is 0 Å². The normalized spacial score (nSPS) is 12.0. The first-order valence-corrected chi connectivity index (χ1v) is 4.89. The van der Waals surface area contributed by atoms with E-state index < -0.39 is 11.2 Å². The van der Waals surface area contributed by atoms with Crippen molar-refractivity contribution in [3.63, 3.8) is 0 Å². The third-order valence-corrected chi connectivity index (χ3v) is 2.57. The molecule has 0 aliphatic rings. The molecule has 3 nitrogen and oxygen atoms in total. The Labute approximate surface area is 93.9 Å². The molecule has 0 aliphatic heterocycles. The van der Waals surface area contributed by atoms with Crippen LogP contribution >= 0.6 is 11.6 Å². The highest BCUT2D eigenvalue weighted by atomic mass is 35.5. The highest BCUT2D eigenvalue weighted by molar-refractivity contribution is 6.64. The van der Waals surface area contributed by atoms with Crippen molar-refractivity contribution < 1.29 is 14.3 Å². The number of rotatable bonds is 4. The monoisotopic (exact) mass is 228 g/mol. The van der Waals surface area contributed by atoms with E-state index in [4.69, 9.17) is 21.1 Å². The van der Waals surface area contributed by atoms with Crippen LogP contribution in [-0.2, 0) is 4.79 Å². The summed E-state index contributed by atoms with van der Waals surface area (Å²) < 4.78 is 10.3. The first-order valence-electron chi connectivity index (χ1n) is 4.52. The molecule has 0 saturated carbocycles. The molecule has 0 fully saturated rings. The lowest BCUT2D eigenvalue weighted by Gasteiger charge is -2.14. The van der Waals surface area contributed by atoms with Crippen LogP contribution in [0, 0.1) is 0 Å². The van der Waals surface area contributed by atoms with Gasteiger partial charge in [0.25, 0.3) is 0 Å². The van der Waals surface area contributed by atoms with Gasteiger partial charge in [0, 0.05) is 5.56 Å². The van der Waals surface area contributed by atoms with Crippen molar-refractivity contribution >= 4 is 16.8 Å². The van der Waals surface area contributed by atoms with Crippen molar-refractivity contribution in [3.05, 3.63) is 23.8 Å². The summed E-state index contributed by atoms with van der Waals surface area (Å²) in [5.74, 6) is 0.748. The van der Waals surface area contributed by atoms with E-state index in [2.05, 4.69) is 0 Å². The predicted octanol–water partition coefficient (Wildman–Crippen LogP) is 2.57. The van der Waals surface area contributed by atoms with E-state index in [-0.39, 0.29) is 0 Å². The van der Waals surface area contributed by atoms with Crippen molar-refractivity contribution in [2.24, 2.45) is 0 Å². The Hall–Kier alpha value is -1.22. The Kier molecular flexibility index (Phi) is 3.97. The molecule has 0 heterocycles. The van der Waals surface area contributed by atoms with Gasteiger partial charge in [0.2, 0.25) is 5.24 Å². The number of benzene rings is 1. The van der Waals surface area contributed by atoms with E-state index in [0.29, 0.717) is 11.5 Å². The molecule has 0 amide bonds. The Balaban J connectivity index is 3.22. The Morgan fingerprint density at radius 2 is 2.00 bits per heavy atom. The largest absolute Gasteiger partial charge is 0.493 e. The molecule has 0 aliphatic carbocycles. The van der Waals surface area contributed by atoms with Gasteiger partial charge in [-0.1, -0.05) is 12.1 Å². The van der Waals surface area contributed by atoms with Crippen LogP contribution in [0.2, 0.25) is 0 Å². The Morgan fingerprint density at radius 3 is 2.47 bits per heavy atom. The number of ether oxygens (including phenoxy) is 2. The molecule has 15 heavy (non-hydrogen) atoms. The first-order chi connectivity index (χ1) is 7.11. The van der Waals surface area contributed by atoms with Gasteiger partial charge in [-0.2, -0.15) is 0 Å². The van der Waals surface area contributed by atoms with E-state index in [1.165, 1.54) is 7.11 Å². The maximum absolute atomic E-state index is 11.1. The highest BCUT2D eigenvalue weighted by Crippen LogP contribution is 2.35. The van der Waals surface area contributed by atoms with Gasteiger partial charge in [-0.3, -0.25) is 4.79 Å². The second-order valence-electron chi connectivity index (χ2n) is 3.11. The van der Waals surface area contributed by atoms with E-state index >= 15 is 0 Å². The number of halogens is 1. The van der Waals surface area contributed by atoms with Crippen LogP contribution in [0.5, 0.6) is 11.5 Å². The standard InChI is InChI=1S/C11H13ClO3/c1-7(11(12)13)8-5-4-6-9(14-2)10(8)15-3/h4-7H,1-3H3. The van der Waals surface area contributed by atoms with E-state index in [1.807, 2.05) is 0 Å². The lowest BCUT2D eigenvalue weighted by Crippen LogP contribution is -2.05. The van der Waals surface area contributed by atoms with Gasteiger partial charge < -0.3 is 9.47 Å². The number of carbonyl (C=O) groups is 1. The minimum atomic E-state index is -0.415.